The molecule has 5 heteroatoms. The third-order valence-electron chi connectivity index (χ3n) is 1.36. The summed E-state index contributed by atoms with van der Waals surface area (Å²) in [5, 5.41) is 0.331. The van der Waals surface area contributed by atoms with E-state index in [1.807, 2.05) is 0 Å². The van der Waals surface area contributed by atoms with E-state index in [-0.39, 0.29) is 0 Å². The minimum absolute atomic E-state index is 0.331. The highest BCUT2D eigenvalue weighted by atomic mass is 32.2. The number of nitrogens with zero attached hydrogens (tertiary/aromatic N) is 2. The lowest BCUT2D eigenvalue weighted by molar-refractivity contribution is 0.553. The van der Waals surface area contributed by atoms with Crippen molar-refractivity contribution in [3.8, 4) is 0 Å². The summed E-state index contributed by atoms with van der Waals surface area (Å²) >= 11 is -1.92. The van der Waals surface area contributed by atoms with Crippen molar-refractivity contribution in [2.45, 2.75) is 11.9 Å². The Kier molecular flexibility index (Phi) is 1.87. The van der Waals surface area contributed by atoms with Crippen LogP contribution in [0.1, 0.15) is 5.82 Å². The largest absolute Gasteiger partial charge is 0.323 e. The first-order valence-electron chi connectivity index (χ1n) is 2.72. The molecule has 4 nitrogen and oxygen atoms in total. The summed E-state index contributed by atoms with van der Waals surface area (Å²) in [5.74, 6) is 0.734. The van der Waals surface area contributed by atoms with Crippen LogP contribution in [-0.2, 0) is 18.1 Å². The summed E-state index contributed by atoms with van der Waals surface area (Å²) in [4.78, 5) is 3.85. The van der Waals surface area contributed by atoms with Crippen LogP contribution in [0.25, 0.3) is 0 Å². The predicted molar refractivity (Wildman–Crippen MR) is 37.0 cm³/mol. The molecule has 0 aliphatic rings. The maximum atomic E-state index is 10.5. The van der Waals surface area contributed by atoms with Crippen LogP contribution in [0.2, 0.25) is 0 Å². The summed E-state index contributed by atoms with van der Waals surface area (Å²) in [5.41, 5.74) is 0. The van der Waals surface area contributed by atoms with E-state index >= 15 is 0 Å². The maximum Gasteiger partial charge on any atom is 0.205 e. The van der Waals surface area contributed by atoms with E-state index in [0.29, 0.717) is 5.03 Å². The van der Waals surface area contributed by atoms with E-state index in [1.54, 1.807) is 18.5 Å². The van der Waals surface area contributed by atoms with Crippen LogP contribution >= 0.6 is 0 Å². The van der Waals surface area contributed by atoms with Crippen LogP contribution in [0, 0.1) is 6.92 Å². The molecule has 0 aliphatic carbocycles. The van der Waals surface area contributed by atoms with Gasteiger partial charge in [-0.05, 0) is 6.92 Å². The molecule has 10 heavy (non-hydrogen) atoms. The average molecular weight is 160 g/mol. The molecule has 1 aromatic rings. The second-order valence-corrected chi connectivity index (χ2v) is 2.87. The van der Waals surface area contributed by atoms with E-state index < -0.39 is 11.1 Å². The van der Waals surface area contributed by atoms with Gasteiger partial charge in [-0.25, -0.2) is 9.19 Å². The lowest BCUT2D eigenvalue weighted by Gasteiger charge is -1.96. The average Bonchev–Trinajstić information content (AvgIpc) is 2.14. The molecular formula is C5H8N2O2S. The van der Waals surface area contributed by atoms with Gasteiger partial charge in [0.05, 0.1) is 6.20 Å². The van der Waals surface area contributed by atoms with Crippen molar-refractivity contribution < 1.29 is 8.76 Å². The zero-order valence-electron chi connectivity index (χ0n) is 5.74. The number of hydrogen-bond donors (Lipinski definition) is 1. The summed E-state index contributed by atoms with van der Waals surface area (Å²) in [6, 6.07) is 0. The van der Waals surface area contributed by atoms with Gasteiger partial charge >= 0.3 is 0 Å². The second kappa shape index (κ2) is 2.51. The highest BCUT2D eigenvalue weighted by Crippen LogP contribution is 2.04. The summed E-state index contributed by atoms with van der Waals surface area (Å²) in [7, 11) is 1.70. The molecule has 1 heterocycles. The summed E-state index contributed by atoms with van der Waals surface area (Å²) in [6.07, 6.45) is 1.39. The Morgan fingerprint density at radius 2 is 2.40 bits per heavy atom. The van der Waals surface area contributed by atoms with Crippen molar-refractivity contribution in [3.63, 3.8) is 0 Å². The topological polar surface area (TPSA) is 55.1 Å². The van der Waals surface area contributed by atoms with E-state index in [0.717, 1.165) is 5.82 Å². The lowest BCUT2D eigenvalue weighted by Crippen LogP contribution is -1.99. The van der Waals surface area contributed by atoms with Gasteiger partial charge in [0.2, 0.25) is 11.1 Å². The molecule has 1 atom stereocenters. The summed E-state index contributed by atoms with van der Waals surface area (Å²) < 4.78 is 20.7. The molecule has 1 unspecified atom stereocenters. The van der Waals surface area contributed by atoms with Crippen molar-refractivity contribution in [3.05, 3.63) is 12.0 Å². The second-order valence-electron chi connectivity index (χ2n) is 1.95. The molecule has 1 rings (SSSR count). The number of hydrogen-bond acceptors (Lipinski definition) is 2. The number of rotatable bonds is 1. The van der Waals surface area contributed by atoms with Gasteiger partial charge in [-0.1, -0.05) is 0 Å². The van der Waals surface area contributed by atoms with Crippen LogP contribution in [0.3, 0.4) is 0 Å². The normalized spacial score (nSPS) is 13.5. The standard InChI is InChI=1S/C5H8N2O2S/c1-4-6-3-5(7(4)2)10(8)9/h3H,1-2H3,(H,8,9). The van der Waals surface area contributed by atoms with E-state index in [9.17, 15) is 4.21 Å². The van der Waals surface area contributed by atoms with E-state index in [4.69, 9.17) is 4.55 Å². The predicted octanol–water partition coefficient (Wildman–Crippen LogP) is 0.309. The Hall–Kier alpha value is -0.680. The molecule has 1 aromatic heterocycles. The Labute approximate surface area is 61.2 Å². The van der Waals surface area contributed by atoms with Crippen LogP contribution in [0.4, 0.5) is 0 Å². The molecule has 0 spiro atoms. The first-order valence-corrected chi connectivity index (χ1v) is 3.83. The first kappa shape index (κ1) is 7.43. The van der Waals surface area contributed by atoms with Crippen LogP contribution < -0.4 is 0 Å². The minimum atomic E-state index is -1.92. The minimum Gasteiger partial charge on any atom is -0.323 e. The molecule has 0 bridgehead atoms. The Bertz CT molecular complexity index is 269. The molecule has 0 fully saturated rings. The van der Waals surface area contributed by atoms with Gasteiger partial charge in [0, 0.05) is 7.05 Å². The van der Waals surface area contributed by atoms with Gasteiger partial charge in [0.25, 0.3) is 0 Å². The molecular weight excluding hydrogens is 152 g/mol. The molecule has 56 valence electrons. The molecule has 0 aliphatic heterocycles. The van der Waals surface area contributed by atoms with Crippen LogP contribution in [0.15, 0.2) is 11.2 Å². The lowest BCUT2D eigenvalue weighted by atomic mass is 10.7. The van der Waals surface area contributed by atoms with E-state index in [1.165, 1.54) is 6.20 Å². The Balaban J connectivity index is 3.17. The van der Waals surface area contributed by atoms with Gasteiger partial charge in [-0.15, -0.1) is 0 Å². The number of aromatic nitrogens is 2. The zero-order valence-corrected chi connectivity index (χ0v) is 6.55. The van der Waals surface area contributed by atoms with E-state index in [2.05, 4.69) is 4.98 Å². The number of imidazole rings is 1. The van der Waals surface area contributed by atoms with Crippen LogP contribution in [-0.4, -0.2) is 18.3 Å². The van der Waals surface area contributed by atoms with Gasteiger partial charge < -0.3 is 9.12 Å². The SMILES string of the molecule is Cc1ncc(S(=O)O)n1C. The fourth-order valence-corrected chi connectivity index (χ4v) is 1.15. The smallest absolute Gasteiger partial charge is 0.205 e. The zero-order chi connectivity index (χ0) is 7.72. The third-order valence-corrected chi connectivity index (χ3v) is 2.09. The maximum absolute atomic E-state index is 10.5. The van der Waals surface area contributed by atoms with Crippen molar-refractivity contribution in [1.29, 1.82) is 0 Å². The molecule has 1 N–H and O–H groups in total. The molecule has 0 amide bonds. The van der Waals surface area contributed by atoms with Crippen molar-refractivity contribution in [1.82, 2.24) is 9.55 Å². The van der Waals surface area contributed by atoms with Crippen molar-refractivity contribution in [2.24, 2.45) is 7.05 Å². The van der Waals surface area contributed by atoms with Gasteiger partial charge in [0.1, 0.15) is 5.82 Å². The third kappa shape index (κ3) is 1.10. The molecule has 0 radical (unpaired) electrons. The fraction of sp³-hybridized carbons (Fsp3) is 0.400. The van der Waals surface area contributed by atoms with Crippen molar-refractivity contribution in [2.75, 3.05) is 0 Å². The van der Waals surface area contributed by atoms with Gasteiger partial charge in [-0.3, -0.25) is 0 Å². The monoisotopic (exact) mass is 160 g/mol. The molecule has 0 saturated heterocycles. The fourth-order valence-electron chi connectivity index (χ4n) is 0.644. The Morgan fingerprint density at radius 1 is 1.80 bits per heavy atom. The van der Waals surface area contributed by atoms with Crippen molar-refractivity contribution >= 4 is 11.1 Å². The quantitative estimate of drug-likeness (QED) is 0.601. The highest BCUT2D eigenvalue weighted by molar-refractivity contribution is 7.79. The van der Waals surface area contributed by atoms with Gasteiger partial charge in [0.15, 0.2) is 5.03 Å². The van der Waals surface area contributed by atoms with Crippen LogP contribution in [0.5, 0.6) is 0 Å². The highest BCUT2D eigenvalue weighted by Gasteiger charge is 2.06. The van der Waals surface area contributed by atoms with Gasteiger partial charge in [-0.2, -0.15) is 0 Å². The molecule has 0 aromatic carbocycles. The molecule has 0 saturated carbocycles. The first-order chi connectivity index (χ1) is 4.63. The summed E-state index contributed by atoms with van der Waals surface area (Å²) in [6.45, 7) is 1.77. The number of aryl methyl sites for hydroxylation is 1. The Morgan fingerprint density at radius 3 is 2.60 bits per heavy atom.